The molecule has 0 radical (unpaired) electrons. The van der Waals surface area contributed by atoms with Crippen LogP contribution in [-0.2, 0) is 0 Å². The Hall–Kier alpha value is -7.11. The van der Waals surface area contributed by atoms with Crippen molar-refractivity contribution in [2.24, 2.45) is 0 Å². The zero-order valence-electron chi connectivity index (χ0n) is 31.6. The number of pyridine rings is 1. The van der Waals surface area contributed by atoms with Crippen molar-refractivity contribution in [3.63, 3.8) is 0 Å². The molecule has 4 aromatic heterocycles. The minimum atomic E-state index is 0.0190. The molecule has 0 unspecified atom stereocenters. The number of hydrogen-bond donors (Lipinski definition) is 0. The van der Waals surface area contributed by atoms with Gasteiger partial charge in [-0.15, -0.1) is 22.7 Å². The molecule has 13 aromatic rings. The van der Waals surface area contributed by atoms with E-state index in [1.807, 2.05) is 45.3 Å². The maximum Gasteiger partial charge on any atom is 0.263 e. The number of benzene rings is 9. The fraction of sp³-hybridized carbons (Fsp3) is 0. The molecule has 274 valence electrons. The van der Waals surface area contributed by atoms with Crippen molar-refractivity contribution in [2.75, 3.05) is 0 Å². The smallest absolute Gasteiger partial charge is 0.263 e. The fourth-order valence-corrected chi connectivity index (χ4v) is 11.7. The lowest BCUT2D eigenvalue weighted by molar-refractivity contribution is 1.21. The molecule has 0 fully saturated rings. The molecule has 0 aliphatic carbocycles. The molecule has 9 aromatic carbocycles. The second kappa shape index (κ2) is 12.4. The molecule has 0 N–H and O–H groups in total. The summed E-state index contributed by atoms with van der Waals surface area (Å²) in [6.07, 6.45) is 0. The van der Waals surface area contributed by atoms with Gasteiger partial charge in [-0.2, -0.15) is 0 Å². The van der Waals surface area contributed by atoms with E-state index in [9.17, 15) is 4.79 Å². The molecule has 0 saturated heterocycles. The Morgan fingerprint density at radius 1 is 0.288 bits per heavy atom. The van der Waals surface area contributed by atoms with Gasteiger partial charge in [0.1, 0.15) is 0 Å². The van der Waals surface area contributed by atoms with Gasteiger partial charge in [0.05, 0.1) is 11.0 Å². The van der Waals surface area contributed by atoms with Gasteiger partial charge in [-0.3, -0.25) is 9.20 Å². The molecule has 4 heteroatoms. The van der Waals surface area contributed by atoms with Gasteiger partial charge in [0.2, 0.25) is 0 Å². The first-order valence-corrected chi connectivity index (χ1v) is 21.6. The van der Waals surface area contributed by atoms with Crippen LogP contribution in [-0.4, -0.2) is 4.40 Å². The molecule has 0 amide bonds. The standard InChI is InChI=1S/C55H31NOS2/c57-55-44-16-2-1-13-40(44)47-29-39(35-12-8-10-33(26-35)37-21-24-52-46(28-37)42-15-4-6-18-51(42)58-52)30-48-45-27-36(20-23-49(45)56(55)54(47)48)32-9-7-11-34(25-32)38-19-22-43-41-14-3-5-17-50(41)59-53(43)31-38/h1-31H. The highest BCUT2D eigenvalue weighted by Gasteiger charge is 2.20. The molecule has 0 bridgehead atoms. The summed E-state index contributed by atoms with van der Waals surface area (Å²) in [5.74, 6) is 0. The highest BCUT2D eigenvalue weighted by Crippen LogP contribution is 2.42. The molecule has 4 heterocycles. The normalized spacial score (nSPS) is 12.1. The Bertz CT molecular complexity index is 3940. The molecule has 0 spiro atoms. The number of fused-ring (bicyclic) bond motifs is 11. The van der Waals surface area contributed by atoms with Crippen molar-refractivity contribution in [1.82, 2.24) is 4.40 Å². The minimum Gasteiger partial charge on any atom is -0.275 e. The topological polar surface area (TPSA) is 21.5 Å². The molecule has 0 aliphatic heterocycles. The predicted molar refractivity (Wildman–Crippen MR) is 255 cm³/mol. The Morgan fingerprint density at radius 3 is 1.46 bits per heavy atom. The van der Waals surface area contributed by atoms with Crippen molar-refractivity contribution in [2.45, 2.75) is 0 Å². The van der Waals surface area contributed by atoms with Crippen LogP contribution in [0.4, 0.5) is 0 Å². The molecule has 2 nitrogen and oxygen atoms in total. The van der Waals surface area contributed by atoms with Crippen molar-refractivity contribution < 1.29 is 0 Å². The third kappa shape index (κ3) is 4.94. The monoisotopic (exact) mass is 785 g/mol. The lowest BCUT2D eigenvalue weighted by atomic mass is 9.94. The van der Waals surface area contributed by atoms with E-state index in [1.54, 1.807) is 0 Å². The van der Waals surface area contributed by atoms with Gasteiger partial charge in [0.25, 0.3) is 5.56 Å². The van der Waals surface area contributed by atoms with Crippen molar-refractivity contribution in [1.29, 1.82) is 0 Å². The first kappa shape index (κ1) is 32.9. The van der Waals surface area contributed by atoms with Gasteiger partial charge in [0.15, 0.2) is 0 Å². The van der Waals surface area contributed by atoms with Crippen LogP contribution in [0.2, 0.25) is 0 Å². The van der Waals surface area contributed by atoms with Crippen LogP contribution < -0.4 is 5.56 Å². The quantitative estimate of drug-likeness (QED) is 0.163. The molecular formula is C55H31NOS2. The van der Waals surface area contributed by atoms with Crippen LogP contribution in [0, 0.1) is 0 Å². The van der Waals surface area contributed by atoms with Crippen molar-refractivity contribution >= 4 is 101 Å². The van der Waals surface area contributed by atoms with Crippen LogP contribution in [0.3, 0.4) is 0 Å². The lowest BCUT2D eigenvalue weighted by Gasteiger charge is -2.11. The summed E-state index contributed by atoms with van der Waals surface area (Å²) in [7, 11) is 0. The van der Waals surface area contributed by atoms with E-state index in [4.69, 9.17) is 0 Å². The Balaban J connectivity index is 0.983. The molecular weight excluding hydrogens is 755 g/mol. The third-order valence-corrected chi connectivity index (χ3v) is 14.6. The second-order valence-corrected chi connectivity index (χ2v) is 17.8. The van der Waals surface area contributed by atoms with Crippen LogP contribution in [0.1, 0.15) is 0 Å². The maximum absolute atomic E-state index is 14.4. The first-order chi connectivity index (χ1) is 29.1. The van der Waals surface area contributed by atoms with Crippen LogP contribution in [0.25, 0.3) is 123 Å². The molecule has 0 atom stereocenters. The highest BCUT2D eigenvalue weighted by atomic mass is 32.1. The van der Waals surface area contributed by atoms with E-state index < -0.39 is 0 Å². The second-order valence-electron chi connectivity index (χ2n) is 15.6. The van der Waals surface area contributed by atoms with Crippen molar-refractivity contribution in [3.05, 3.63) is 198 Å². The van der Waals surface area contributed by atoms with E-state index in [2.05, 4.69) is 170 Å². The predicted octanol–water partition coefficient (Wildman–Crippen LogP) is 15.6. The van der Waals surface area contributed by atoms with E-state index in [-0.39, 0.29) is 5.56 Å². The largest absolute Gasteiger partial charge is 0.275 e. The van der Waals surface area contributed by atoms with Gasteiger partial charge in [0, 0.05) is 61.9 Å². The van der Waals surface area contributed by atoms with E-state index in [0.717, 1.165) is 60.2 Å². The zero-order chi connectivity index (χ0) is 38.8. The van der Waals surface area contributed by atoms with E-state index in [1.165, 1.54) is 62.6 Å². The lowest BCUT2D eigenvalue weighted by Crippen LogP contribution is -2.12. The van der Waals surface area contributed by atoms with Gasteiger partial charge in [-0.1, -0.05) is 115 Å². The summed E-state index contributed by atoms with van der Waals surface area (Å²) >= 11 is 3.70. The van der Waals surface area contributed by atoms with Gasteiger partial charge in [-0.05, 0) is 123 Å². The minimum absolute atomic E-state index is 0.0190. The number of nitrogens with zero attached hydrogens (tertiary/aromatic N) is 1. The number of aromatic nitrogens is 1. The maximum atomic E-state index is 14.4. The summed E-state index contributed by atoms with van der Waals surface area (Å²) in [6, 6.07) is 68.0. The van der Waals surface area contributed by atoms with Crippen LogP contribution in [0.5, 0.6) is 0 Å². The average molecular weight is 786 g/mol. The number of rotatable bonds is 4. The van der Waals surface area contributed by atoms with E-state index in [0.29, 0.717) is 0 Å². The summed E-state index contributed by atoms with van der Waals surface area (Å²) in [5.41, 5.74) is 11.2. The summed E-state index contributed by atoms with van der Waals surface area (Å²) < 4.78 is 7.18. The average Bonchev–Trinajstić information content (AvgIpc) is 3.97. The summed E-state index contributed by atoms with van der Waals surface area (Å²) in [4.78, 5) is 14.4. The third-order valence-electron chi connectivity index (χ3n) is 12.3. The molecule has 13 rings (SSSR count). The van der Waals surface area contributed by atoms with Gasteiger partial charge < -0.3 is 0 Å². The Morgan fingerprint density at radius 2 is 0.746 bits per heavy atom. The van der Waals surface area contributed by atoms with Gasteiger partial charge >= 0.3 is 0 Å². The fourth-order valence-electron chi connectivity index (χ4n) is 9.50. The highest BCUT2D eigenvalue weighted by molar-refractivity contribution is 7.26. The zero-order valence-corrected chi connectivity index (χ0v) is 33.2. The molecule has 0 saturated carbocycles. The van der Waals surface area contributed by atoms with Crippen molar-refractivity contribution in [3.8, 4) is 44.5 Å². The molecule has 59 heavy (non-hydrogen) atoms. The SMILES string of the molecule is O=c1c2ccccc2c2cc(-c3cccc(-c4ccc5sc6ccccc6c5c4)c3)cc3c4cc(-c5cccc(-c6ccc7c(c6)sc6ccccc67)c5)ccc4n1c23. The summed E-state index contributed by atoms with van der Waals surface area (Å²) in [5, 5.41) is 10.2. The molecule has 0 aliphatic rings. The van der Waals surface area contributed by atoms with Crippen LogP contribution >= 0.6 is 22.7 Å². The Labute approximate surface area is 346 Å². The number of hydrogen-bond acceptors (Lipinski definition) is 3. The summed E-state index contributed by atoms with van der Waals surface area (Å²) in [6.45, 7) is 0. The first-order valence-electron chi connectivity index (χ1n) is 19.9. The van der Waals surface area contributed by atoms with E-state index >= 15 is 0 Å². The van der Waals surface area contributed by atoms with Gasteiger partial charge in [-0.25, -0.2) is 0 Å². The Kier molecular flexibility index (Phi) is 6.94. The number of thiophene rings is 2. The van der Waals surface area contributed by atoms with Crippen LogP contribution in [0.15, 0.2) is 193 Å².